The van der Waals surface area contributed by atoms with Crippen LogP contribution in [0.3, 0.4) is 0 Å². The van der Waals surface area contributed by atoms with Gasteiger partial charge in [0.25, 0.3) is 0 Å². The summed E-state index contributed by atoms with van der Waals surface area (Å²) in [6, 6.07) is 7.89. The van der Waals surface area contributed by atoms with Crippen LogP contribution in [-0.4, -0.2) is 24.3 Å². The zero-order valence-corrected chi connectivity index (χ0v) is 8.64. The molecule has 0 unspecified atom stereocenters. The van der Waals surface area contributed by atoms with Crippen LogP contribution in [0, 0.1) is 0 Å². The van der Waals surface area contributed by atoms with Gasteiger partial charge < -0.3 is 15.1 Å². The highest BCUT2D eigenvalue weighted by molar-refractivity contribution is 5.59. The van der Waals surface area contributed by atoms with Crippen molar-refractivity contribution >= 4 is 11.7 Å². The summed E-state index contributed by atoms with van der Waals surface area (Å²) in [5, 5.41) is 7.41. The number of benzene rings is 1. The number of nitrogen functional groups attached to an aromatic ring is 1. The fraction of sp³-hybridized carbons (Fsp3) is 0.200. The van der Waals surface area contributed by atoms with E-state index < -0.39 is 0 Å². The topological polar surface area (TPSA) is 68.2 Å². The highest BCUT2D eigenvalue weighted by atomic mass is 16.4. The zero-order chi connectivity index (χ0) is 10.8. The Morgan fingerprint density at radius 1 is 1.13 bits per heavy atom. The molecular formula is C10H12N4O. The van der Waals surface area contributed by atoms with Gasteiger partial charge in [-0.1, -0.05) is 5.10 Å². The molecule has 5 heteroatoms. The minimum atomic E-state index is 0.0849. The van der Waals surface area contributed by atoms with Crippen LogP contribution < -0.4 is 10.6 Å². The van der Waals surface area contributed by atoms with E-state index in [2.05, 4.69) is 10.2 Å². The first-order valence-corrected chi connectivity index (χ1v) is 4.53. The molecule has 15 heavy (non-hydrogen) atoms. The summed E-state index contributed by atoms with van der Waals surface area (Å²) in [5.41, 5.74) is 7.33. The van der Waals surface area contributed by atoms with Crippen molar-refractivity contribution in [2.45, 2.75) is 0 Å². The third-order valence-electron chi connectivity index (χ3n) is 2.07. The molecule has 2 aromatic rings. The minimum absolute atomic E-state index is 0.0849. The van der Waals surface area contributed by atoms with Crippen LogP contribution >= 0.6 is 0 Å². The Labute approximate surface area is 87.5 Å². The molecule has 0 saturated heterocycles. The fourth-order valence-corrected chi connectivity index (χ4v) is 1.25. The molecule has 0 bridgehead atoms. The minimum Gasteiger partial charge on any atom is -0.404 e. The third-order valence-corrected chi connectivity index (χ3v) is 2.07. The highest BCUT2D eigenvalue weighted by Gasteiger charge is 2.05. The Morgan fingerprint density at radius 2 is 1.80 bits per heavy atom. The Kier molecular flexibility index (Phi) is 2.29. The van der Waals surface area contributed by atoms with Gasteiger partial charge in [-0.3, -0.25) is 0 Å². The van der Waals surface area contributed by atoms with Gasteiger partial charge in [-0.25, -0.2) is 0 Å². The van der Waals surface area contributed by atoms with E-state index in [9.17, 15) is 0 Å². The van der Waals surface area contributed by atoms with E-state index in [1.54, 1.807) is 0 Å². The summed E-state index contributed by atoms with van der Waals surface area (Å²) < 4.78 is 5.11. The van der Waals surface area contributed by atoms with Crippen LogP contribution in [0.25, 0.3) is 11.5 Å². The van der Waals surface area contributed by atoms with Gasteiger partial charge in [0.2, 0.25) is 5.89 Å². The highest BCUT2D eigenvalue weighted by Crippen LogP contribution is 2.21. The van der Waals surface area contributed by atoms with Gasteiger partial charge in [0.15, 0.2) is 0 Å². The van der Waals surface area contributed by atoms with Gasteiger partial charge in [-0.15, -0.1) is 5.10 Å². The lowest BCUT2D eigenvalue weighted by Crippen LogP contribution is -2.07. The standard InChI is InChI=1S/C10H12N4O/c1-14(2)8-5-3-7(4-6-8)9-12-13-10(11)15-9/h3-6H,1-2H3,(H2,11,13). The maximum atomic E-state index is 5.35. The second kappa shape index (κ2) is 3.61. The van der Waals surface area contributed by atoms with Gasteiger partial charge in [-0.05, 0) is 24.3 Å². The first-order chi connectivity index (χ1) is 7.16. The molecule has 0 fully saturated rings. The first kappa shape index (κ1) is 9.51. The summed E-state index contributed by atoms with van der Waals surface area (Å²) in [7, 11) is 3.97. The predicted molar refractivity (Wildman–Crippen MR) is 58.5 cm³/mol. The lowest BCUT2D eigenvalue weighted by Gasteiger charge is -2.11. The molecule has 0 aliphatic rings. The van der Waals surface area contributed by atoms with Crippen molar-refractivity contribution in [1.29, 1.82) is 0 Å². The van der Waals surface area contributed by atoms with Crippen molar-refractivity contribution in [1.82, 2.24) is 10.2 Å². The van der Waals surface area contributed by atoms with Crippen LogP contribution in [0.15, 0.2) is 28.7 Å². The van der Waals surface area contributed by atoms with Gasteiger partial charge >= 0.3 is 6.01 Å². The zero-order valence-electron chi connectivity index (χ0n) is 8.64. The van der Waals surface area contributed by atoms with Crippen LogP contribution in [0.4, 0.5) is 11.7 Å². The molecule has 2 rings (SSSR count). The molecule has 0 amide bonds. The van der Waals surface area contributed by atoms with E-state index in [4.69, 9.17) is 10.2 Å². The number of anilines is 2. The van der Waals surface area contributed by atoms with E-state index in [1.807, 2.05) is 43.3 Å². The van der Waals surface area contributed by atoms with E-state index in [-0.39, 0.29) is 6.01 Å². The molecule has 0 aliphatic carbocycles. The third kappa shape index (κ3) is 1.90. The second-order valence-electron chi connectivity index (χ2n) is 3.39. The number of hydrogen-bond donors (Lipinski definition) is 1. The first-order valence-electron chi connectivity index (χ1n) is 4.53. The maximum absolute atomic E-state index is 5.35. The van der Waals surface area contributed by atoms with Gasteiger partial charge in [0.1, 0.15) is 0 Å². The van der Waals surface area contributed by atoms with Gasteiger partial charge in [0.05, 0.1) is 0 Å². The molecule has 0 spiro atoms. The molecule has 0 aliphatic heterocycles. The monoisotopic (exact) mass is 204 g/mol. The maximum Gasteiger partial charge on any atom is 0.313 e. The fourth-order valence-electron chi connectivity index (χ4n) is 1.25. The molecule has 0 saturated carbocycles. The molecule has 1 aromatic heterocycles. The van der Waals surface area contributed by atoms with Crippen LogP contribution in [0.1, 0.15) is 0 Å². The van der Waals surface area contributed by atoms with E-state index in [0.29, 0.717) is 5.89 Å². The average molecular weight is 204 g/mol. The molecule has 5 nitrogen and oxygen atoms in total. The van der Waals surface area contributed by atoms with Crippen molar-refractivity contribution < 1.29 is 4.42 Å². The number of rotatable bonds is 2. The number of nitrogens with zero attached hydrogens (tertiary/aromatic N) is 3. The molecular weight excluding hydrogens is 192 g/mol. The van der Waals surface area contributed by atoms with Gasteiger partial charge in [0, 0.05) is 25.3 Å². The largest absolute Gasteiger partial charge is 0.404 e. The molecule has 0 atom stereocenters. The number of aromatic nitrogens is 2. The smallest absolute Gasteiger partial charge is 0.313 e. The summed E-state index contributed by atoms with van der Waals surface area (Å²) in [4.78, 5) is 2.02. The molecule has 1 aromatic carbocycles. The molecule has 1 heterocycles. The summed E-state index contributed by atoms with van der Waals surface area (Å²) >= 11 is 0. The van der Waals surface area contributed by atoms with E-state index in [1.165, 1.54) is 0 Å². The normalized spacial score (nSPS) is 10.3. The lowest BCUT2D eigenvalue weighted by molar-refractivity contribution is 0.590. The summed E-state index contributed by atoms with van der Waals surface area (Å²) in [5.74, 6) is 0.442. The van der Waals surface area contributed by atoms with Crippen molar-refractivity contribution in [3.05, 3.63) is 24.3 Å². The average Bonchev–Trinajstić information content (AvgIpc) is 2.65. The summed E-state index contributed by atoms with van der Waals surface area (Å²) in [6.45, 7) is 0. The van der Waals surface area contributed by atoms with Crippen LogP contribution in [0.5, 0.6) is 0 Å². The molecule has 2 N–H and O–H groups in total. The number of hydrogen-bond acceptors (Lipinski definition) is 5. The van der Waals surface area contributed by atoms with Crippen molar-refractivity contribution in [3.63, 3.8) is 0 Å². The summed E-state index contributed by atoms with van der Waals surface area (Å²) in [6.07, 6.45) is 0. The number of nitrogens with two attached hydrogens (primary N) is 1. The quantitative estimate of drug-likeness (QED) is 0.800. The van der Waals surface area contributed by atoms with Crippen molar-refractivity contribution in [2.75, 3.05) is 24.7 Å². The van der Waals surface area contributed by atoms with Gasteiger partial charge in [-0.2, -0.15) is 0 Å². The Morgan fingerprint density at radius 3 is 2.27 bits per heavy atom. The molecule has 0 radical (unpaired) electrons. The van der Waals surface area contributed by atoms with Crippen molar-refractivity contribution in [2.24, 2.45) is 0 Å². The van der Waals surface area contributed by atoms with E-state index in [0.717, 1.165) is 11.3 Å². The van der Waals surface area contributed by atoms with E-state index >= 15 is 0 Å². The van der Waals surface area contributed by atoms with Crippen LogP contribution in [-0.2, 0) is 0 Å². The molecule has 78 valence electrons. The Bertz CT molecular complexity index is 447. The van der Waals surface area contributed by atoms with Crippen LogP contribution in [0.2, 0.25) is 0 Å². The van der Waals surface area contributed by atoms with Crippen molar-refractivity contribution in [3.8, 4) is 11.5 Å². The Hall–Kier alpha value is -2.04. The second-order valence-corrected chi connectivity index (χ2v) is 3.39. The lowest BCUT2D eigenvalue weighted by atomic mass is 10.2. The predicted octanol–water partition coefficient (Wildman–Crippen LogP) is 1.38. The SMILES string of the molecule is CN(C)c1ccc(-c2nnc(N)o2)cc1. The Balaban J connectivity index is 2.31.